The zero-order valence-electron chi connectivity index (χ0n) is 11.5. The van der Waals surface area contributed by atoms with Crippen molar-refractivity contribution in [3.63, 3.8) is 0 Å². The molecule has 0 radical (unpaired) electrons. The zero-order chi connectivity index (χ0) is 14.7. The van der Waals surface area contributed by atoms with Crippen molar-refractivity contribution in [2.45, 2.75) is 13.5 Å². The van der Waals surface area contributed by atoms with Crippen LogP contribution in [0.15, 0.2) is 57.7 Å². The number of hydrogen-bond donors (Lipinski definition) is 1. The lowest BCUT2D eigenvalue weighted by Crippen LogP contribution is -2.01. The lowest BCUT2D eigenvalue weighted by molar-refractivity contribution is 0.568. The highest BCUT2D eigenvalue weighted by Gasteiger charge is 2.06. The first-order valence-electron chi connectivity index (χ1n) is 6.58. The van der Waals surface area contributed by atoms with E-state index < -0.39 is 0 Å². The second-order valence-electron chi connectivity index (χ2n) is 4.75. The van der Waals surface area contributed by atoms with Gasteiger partial charge >= 0.3 is 0 Å². The molecule has 0 aliphatic rings. The quantitative estimate of drug-likeness (QED) is 0.761. The molecule has 3 rings (SSSR count). The van der Waals surface area contributed by atoms with Crippen molar-refractivity contribution < 1.29 is 4.42 Å². The number of halogens is 1. The Labute approximate surface area is 131 Å². The first-order valence-corrected chi connectivity index (χ1v) is 7.37. The monoisotopic (exact) mass is 343 g/mol. The van der Waals surface area contributed by atoms with E-state index in [9.17, 15) is 0 Å². The summed E-state index contributed by atoms with van der Waals surface area (Å²) in [7, 11) is 0. The number of benzene rings is 2. The second kappa shape index (κ2) is 6.10. The molecule has 1 N–H and O–H groups in total. The molecule has 0 saturated heterocycles. The van der Waals surface area contributed by atoms with Gasteiger partial charge in [-0.05, 0) is 48.4 Å². The molecule has 5 heteroatoms. The summed E-state index contributed by atoms with van der Waals surface area (Å²) in [4.78, 5) is 0. The number of hydrogen-bond acceptors (Lipinski definition) is 4. The minimum absolute atomic E-state index is 0.539. The van der Waals surface area contributed by atoms with Crippen LogP contribution in [0.3, 0.4) is 0 Å². The average molecular weight is 344 g/mol. The van der Waals surface area contributed by atoms with Gasteiger partial charge in [0.2, 0.25) is 12.3 Å². The van der Waals surface area contributed by atoms with E-state index in [0.717, 1.165) is 27.8 Å². The minimum atomic E-state index is 0.539. The van der Waals surface area contributed by atoms with Gasteiger partial charge in [0, 0.05) is 22.3 Å². The standard InChI is InChI=1S/C16H14BrN3O/c1-11-8-13(16-20-19-10-21-16)4-7-15(11)18-9-12-2-5-14(17)6-3-12/h2-8,10,18H,9H2,1H3. The van der Waals surface area contributed by atoms with E-state index in [-0.39, 0.29) is 0 Å². The normalized spacial score (nSPS) is 10.6. The molecule has 21 heavy (non-hydrogen) atoms. The number of aromatic nitrogens is 2. The van der Waals surface area contributed by atoms with Crippen molar-refractivity contribution in [1.29, 1.82) is 0 Å². The third-order valence-corrected chi connectivity index (χ3v) is 3.76. The van der Waals surface area contributed by atoms with Gasteiger partial charge in [-0.25, -0.2) is 0 Å². The highest BCUT2D eigenvalue weighted by Crippen LogP contribution is 2.23. The predicted octanol–water partition coefficient (Wildman–Crippen LogP) is 4.42. The molecule has 0 fully saturated rings. The van der Waals surface area contributed by atoms with E-state index in [1.54, 1.807) is 0 Å². The summed E-state index contributed by atoms with van der Waals surface area (Å²) in [6.45, 7) is 2.85. The van der Waals surface area contributed by atoms with E-state index in [1.807, 2.05) is 30.3 Å². The minimum Gasteiger partial charge on any atom is -0.423 e. The molecule has 0 amide bonds. The first-order chi connectivity index (χ1) is 10.2. The Bertz CT molecular complexity index is 724. The van der Waals surface area contributed by atoms with Crippen molar-refractivity contribution in [3.8, 4) is 11.5 Å². The van der Waals surface area contributed by atoms with Crippen LogP contribution in [0.2, 0.25) is 0 Å². The molecule has 0 atom stereocenters. The lowest BCUT2D eigenvalue weighted by atomic mass is 10.1. The van der Waals surface area contributed by atoms with Gasteiger partial charge in [-0.1, -0.05) is 28.1 Å². The Morgan fingerprint density at radius 1 is 1.14 bits per heavy atom. The number of nitrogens with one attached hydrogen (secondary N) is 1. The molecule has 3 aromatic rings. The van der Waals surface area contributed by atoms with Crippen LogP contribution in [-0.4, -0.2) is 10.2 Å². The highest BCUT2D eigenvalue weighted by molar-refractivity contribution is 9.10. The Kier molecular flexibility index (Phi) is 4.01. The average Bonchev–Trinajstić information content (AvgIpc) is 3.02. The molecule has 0 spiro atoms. The van der Waals surface area contributed by atoms with Gasteiger partial charge in [-0.3, -0.25) is 0 Å². The summed E-state index contributed by atoms with van der Waals surface area (Å²) in [6, 6.07) is 14.3. The lowest BCUT2D eigenvalue weighted by Gasteiger charge is -2.10. The molecule has 0 saturated carbocycles. The van der Waals surface area contributed by atoms with Gasteiger partial charge < -0.3 is 9.73 Å². The van der Waals surface area contributed by atoms with E-state index in [1.165, 1.54) is 12.0 Å². The summed E-state index contributed by atoms with van der Waals surface area (Å²) in [5, 5.41) is 11.1. The van der Waals surface area contributed by atoms with Gasteiger partial charge in [0.25, 0.3) is 0 Å². The summed E-state index contributed by atoms with van der Waals surface area (Å²) >= 11 is 3.44. The van der Waals surface area contributed by atoms with Crippen molar-refractivity contribution in [1.82, 2.24) is 10.2 Å². The van der Waals surface area contributed by atoms with Crippen molar-refractivity contribution in [3.05, 3.63) is 64.5 Å². The van der Waals surface area contributed by atoms with Gasteiger partial charge in [-0.2, -0.15) is 0 Å². The second-order valence-corrected chi connectivity index (χ2v) is 5.67. The Hall–Kier alpha value is -2.14. The van der Waals surface area contributed by atoms with E-state index in [0.29, 0.717) is 5.89 Å². The van der Waals surface area contributed by atoms with Gasteiger partial charge in [0.05, 0.1) is 0 Å². The summed E-state index contributed by atoms with van der Waals surface area (Å²) in [5.74, 6) is 0.539. The van der Waals surface area contributed by atoms with Crippen molar-refractivity contribution in [2.24, 2.45) is 0 Å². The van der Waals surface area contributed by atoms with E-state index in [4.69, 9.17) is 4.42 Å². The Morgan fingerprint density at radius 3 is 2.62 bits per heavy atom. The largest absolute Gasteiger partial charge is 0.423 e. The van der Waals surface area contributed by atoms with Crippen LogP contribution < -0.4 is 5.32 Å². The van der Waals surface area contributed by atoms with Crippen LogP contribution in [0, 0.1) is 6.92 Å². The SMILES string of the molecule is Cc1cc(-c2nnco2)ccc1NCc1ccc(Br)cc1. The summed E-state index contributed by atoms with van der Waals surface area (Å²) in [6.07, 6.45) is 1.34. The molecule has 1 aromatic heterocycles. The molecular formula is C16H14BrN3O. The third-order valence-electron chi connectivity index (χ3n) is 3.23. The number of aryl methyl sites for hydroxylation is 1. The number of nitrogens with zero attached hydrogens (tertiary/aromatic N) is 2. The molecule has 4 nitrogen and oxygen atoms in total. The van der Waals surface area contributed by atoms with E-state index >= 15 is 0 Å². The zero-order valence-corrected chi connectivity index (χ0v) is 13.1. The fourth-order valence-electron chi connectivity index (χ4n) is 2.09. The summed E-state index contributed by atoms with van der Waals surface area (Å²) in [5.41, 5.74) is 4.40. The maximum atomic E-state index is 5.21. The predicted molar refractivity (Wildman–Crippen MR) is 85.9 cm³/mol. The van der Waals surface area contributed by atoms with Gasteiger partial charge in [-0.15, -0.1) is 10.2 Å². The van der Waals surface area contributed by atoms with Crippen LogP contribution >= 0.6 is 15.9 Å². The maximum Gasteiger partial charge on any atom is 0.247 e. The number of anilines is 1. The fraction of sp³-hybridized carbons (Fsp3) is 0.125. The maximum absolute atomic E-state index is 5.21. The summed E-state index contributed by atoms with van der Waals surface area (Å²) < 4.78 is 6.30. The fourth-order valence-corrected chi connectivity index (χ4v) is 2.36. The van der Waals surface area contributed by atoms with Crippen LogP contribution in [0.5, 0.6) is 0 Å². The molecule has 106 valence electrons. The van der Waals surface area contributed by atoms with E-state index in [2.05, 4.69) is 50.5 Å². The first kappa shape index (κ1) is 13.8. The molecule has 0 bridgehead atoms. The van der Waals surface area contributed by atoms with Gasteiger partial charge in [0.1, 0.15) is 0 Å². The van der Waals surface area contributed by atoms with Gasteiger partial charge in [0.15, 0.2) is 0 Å². The molecular weight excluding hydrogens is 330 g/mol. The number of rotatable bonds is 4. The Morgan fingerprint density at radius 2 is 1.95 bits per heavy atom. The molecule has 2 aromatic carbocycles. The van der Waals surface area contributed by atoms with Crippen LogP contribution in [-0.2, 0) is 6.54 Å². The Balaban J connectivity index is 1.73. The molecule has 1 heterocycles. The third kappa shape index (κ3) is 3.31. The molecule has 0 unspecified atom stereocenters. The highest BCUT2D eigenvalue weighted by atomic mass is 79.9. The van der Waals surface area contributed by atoms with Crippen LogP contribution in [0.4, 0.5) is 5.69 Å². The molecule has 0 aliphatic carbocycles. The van der Waals surface area contributed by atoms with Crippen molar-refractivity contribution in [2.75, 3.05) is 5.32 Å². The molecule has 0 aliphatic heterocycles. The smallest absolute Gasteiger partial charge is 0.247 e. The van der Waals surface area contributed by atoms with Crippen LogP contribution in [0.1, 0.15) is 11.1 Å². The van der Waals surface area contributed by atoms with Crippen molar-refractivity contribution >= 4 is 21.6 Å². The van der Waals surface area contributed by atoms with Crippen LogP contribution in [0.25, 0.3) is 11.5 Å². The topological polar surface area (TPSA) is 51.0 Å².